The Kier molecular flexibility index (Phi) is 6.08. The van der Waals surface area contributed by atoms with Gasteiger partial charge in [0, 0.05) is 19.2 Å². The van der Waals surface area contributed by atoms with E-state index in [0.717, 1.165) is 29.7 Å². The number of aryl methyl sites for hydroxylation is 1. The number of alkyl halides is 3. The van der Waals surface area contributed by atoms with Crippen molar-refractivity contribution in [3.05, 3.63) is 83.5 Å². The first-order valence-electron chi connectivity index (χ1n) is 10.3. The average Bonchev–Trinajstić information content (AvgIpc) is 3.21. The molecule has 0 aliphatic rings. The van der Waals surface area contributed by atoms with Crippen LogP contribution in [0.2, 0.25) is 0 Å². The fraction of sp³-hybridized carbons (Fsp3) is 0.261. The maximum Gasteiger partial charge on any atom is 0.416 e. The number of fused-ring (bicyclic) bond motifs is 1. The van der Waals surface area contributed by atoms with Crippen LogP contribution in [0.1, 0.15) is 52.9 Å². The number of carbonyl (C=O) groups is 1. The van der Waals surface area contributed by atoms with Gasteiger partial charge < -0.3 is 9.88 Å². The van der Waals surface area contributed by atoms with Gasteiger partial charge in [0.05, 0.1) is 47.2 Å². The molecular formula is C23H21F3N6O. The predicted octanol–water partition coefficient (Wildman–Crippen LogP) is 4.34. The number of aromatic nitrogens is 5. The summed E-state index contributed by atoms with van der Waals surface area (Å²) in [6.07, 6.45) is 2.36. The summed E-state index contributed by atoms with van der Waals surface area (Å²) in [5, 5.41) is 2.86. The van der Waals surface area contributed by atoms with Gasteiger partial charge in [-0.05, 0) is 37.6 Å². The molecule has 4 rings (SSSR count). The number of nitrogens with zero attached hydrogens (tertiary/aromatic N) is 5. The number of nitrogens with one attached hydrogen (secondary N) is 1. The molecule has 0 radical (unpaired) electrons. The van der Waals surface area contributed by atoms with Gasteiger partial charge in [-0.15, -0.1) is 0 Å². The Labute approximate surface area is 187 Å². The molecule has 1 amide bonds. The normalized spacial score (nSPS) is 12.6. The minimum atomic E-state index is -4.36. The van der Waals surface area contributed by atoms with Gasteiger partial charge in [-0.3, -0.25) is 14.8 Å². The van der Waals surface area contributed by atoms with Crippen molar-refractivity contribution in [2.24, 2.45) is 0 Å². The monoisotopic (exact) mass is 454 g/mol. The SMILES string of the molecule is CCn1cnc2cnc(C(=O)N[C@H](C)c3cnc(Cc4ccc(C(F)(F)F)cc4)cn3)cc21. The van der Waals surface area contributed by atoms with Gasteiger partial charge in [0.1, 0.15) is 11.2 Å². The van der Waals surface area contributed by atoms with Crippen LogP contribution in [-0.4, -0.2) is 30.4 Å². The molecule has 0 fully saturated rings. The largest absolute Gasteiger partial charge is 0.416 e. The summed E-state index contributed by atoms with van der Waals surface area (Å²) in [5.41, 5.74) is 2.99. The van der Waals surface area contributed by atoms with Crippen LogP contribution in [0.15, 0.2) is 55.2 Å². The summed E-state index contributed by atoms with van der Waals surface area (Å²) >= 11 is 0. The lowest BCUT2D eigenvalue weighted by molar-refractivity contribution is -0.137. The zero-order chi connectivity index (χ0) is 23.6. The van der Waals surface area contributed by atoms with Gasteiger partial charge in [-0.1, -0.05) is 12.1 Å². The number of hydrogen-bond donors (Lipinski definition) is 1. The van der Waals surface area contributed by atoms with Crippen molar-refractivity contribution in [1.82, 2.24) is 29.8 Å². The summed E-state index contributed by atoms with van der Waals surface area (Å²) in [7, 11) is 0. The van der Waals surface area contributed by atoms with E-state index in [0.29, 0.717) is 23.4 Å². The number of benzene rings is 1. The molecule has 4 aromatic rings. The van der Waals surface area contributed by atoms with Crippen LogP contribution in [0.4, 0.5) is 13.2 Å². The highest BCUT2D eigenvalue weighted by atomic mass is 19.4. The van der Waals surface area contributed by atoms with Crippen LogP contribution in [0.3, 0.4) is 0 Å². The highest BCUT2D eigenvalue weighted by molar-refractivity contribution is 5.95. The van der Waals surface area contributed by atoms with Gasteiger partial charge in [0.15, 0.2) is 0 Å². The van der Waals surface area contributed by atoms with E-state index in [4.69, 9.17) is 0 Å². The minimum Gasteiger partial charge on any atom is -0.343 e. The number of rotatable bonds is 6. The zero-order valence-electron chi connectivity index (χ0n) is 18.0. The van der Waals surface area contributed by atoms with E-state index in [9.17, 15) is 18.0 Å². The van der Waals surface area contributed by atoms with Crippen molar-refractivity contribution in [2.75, 3.05) is 0 Å². The van der Waals surface area contributed by atoms with Gasteiger partial charge in [0.2, 0.25) is 0 Å². The smallest absolute Gasteiger partial charge is 0.343 e. The second-order valence-corrected chi connectivity index (χ2v) is 7.59. The molecule has 10 heteroatoms. The zero-order valence-corrected chi connectivity index (χ0v) is 18.0. The van der Waals surface area contributed by atoms with Crippen LogP contribution in [0, 0.1) is 0 Å². The van der Waals surface area contributed by atoms with Crippen molar-refractivity contribution >= 4 is 16.9 Å². The average molecular weight is 454 g/mol. The lowest BCUT2D eigenvalue weighted by Gasteiger charge is -2.13. The van der Waals surface area contributed by atoms with Crippen molar-refractivity contribution < 1.29 is 18.0 Å². The first-order chi connectivity index (χ1) is 15.7. The number of hydrogen-bond acceptors (Lipinski definition) is 5. The standard InChI is InChI=1S/C23H21F3N6O/c1-3-32-13-30-20-12-29-18(9-21(20)32)22(33)31-14(2)19-11-27-17(10-28-19)8-15-4-6-16(7-5-15)23(24,25)26/h4-7,9-14H,3,8H2,1-2H3,(H,31,33)/t14-/m1/s1. The molecule has 0 saturated heterocycles. The Bertz CT molecular complexity index is 1270. The molecule has 0 aliphatic carbocycles. The van der Waals surface area contributed by atoms with E-state index < -0.39 is 17.8 Å². The van der Waals surface area contributed by atoms with Crippen molar-refractivity contribution in [1.29, 1.82) is 0 Å². The number of halogens is 3. The van der Waals surface area contributed by atoms with E-state index in [-0.39, 0.29) is 11.6 Å². The molecule has 0 bridgehead atoms. The molecule has 0 spiro atoms. The Morgan fingerprint density at radius 1 is 1.06 bits per heavy atom. The highest BCUT2D eigenvalue weighted by Gasteiger charge is 2.29. The summed E-state index contributed by atoms with van der Waals surface area (Å²) in [6, 6.07) is 6.23. The van der Waals surface area contributed by atoms with Gasteiger partial charge in [-0.25, -0.2) is 9.97 Å². The van der Waals surface area contributed by atoms with Gasteiger partial charge in [-0.2, -0.15) is 13.2 Å². The van der Waals surface area contributed by atoms with E-state index in [2.05, 4.69) is 25.3 Å². The summed E-state index contributed by atoms with van der Waals surface area (Å²) in [6.45, 7) is 4.50. The topological polar surface area (TPSA) is 85.6 Å². The third-order valence-electron chi connectivity index (χ3n) is 5.26. The first kappa shape index (κ1) is 22.4. The number of imidazole rings is 1. The summed E-state index contributed by atoms with van der Waals surface area (Å²) in [5.74, 6) is -0.344. The van der Waals surface area contributed by atoms with Crippen molar-refractivity contribution in [3.8, 4) is 0 Å². The van der Waals surface area contributed by atoms with Gasteiger partial charge >= 0.3 is 6.18 Å². The molecule has 0 saturated carbocycles. The lowest BCUT2D eigenvalue weighted by atomic mass is 10.1. The number of carbonyl (C=O) groups excluding carboxylic acids is 1. The Hall–Kier alpha value is -3.82. The molecule has 0 unspecified atom stereocenters. The molecule has 1 atom stereocenters. The Morgan fingerprint density at radius 2 is 1.82 bits per heavy atom. The lowest BCUT2D eigenvalue weighted by Crippen LogP contribution is -2.28. The van der Waals surface area contributed by atoms with Crippen LogP contribution < -0.4 is 5.32 Å². The summed E-state index contributed by atoms with van der Waals surface area (Å²) in [4.78, 5) is 29.8. The van der Waals surface area contributed by atoms with Crippen LogP contribution in [0.25, 0.3) is 11.0 Å². The molecule has 33 heavy (non-hydrogen) atoms. The number of amides is 1. The fourth-order valence-electron chi connectivity index (χ4n) is 3.38. The second-order valence-electron chi connectivity index (χ2n) is 7.59. The fourth-order valence-corrected chi connectivity index (χ4v) is 3.38. The third kappa shape index (κ3) is 5.00. The van der Waals surface area contributed by atoms with Crippen LogP contribution in [-0.2, 0) is 19.1 Å². The quantitative estimate of drug-likeness (QED) is 0.468. The maximum absolute atomic E-state index is 12.7. The third-order valence-corrected chi connectivity index (χ3v) is 5.26. The molecule has 1 N–H and O–H groups in total. The molecule has 3 heterocycles. The molecule has 7 nitrogen and oxygen atoms in total. The highest BCUT2D eigenvalue weighted by Crippen LogP contribution is 2.29. The first-order valence-corrected chi connectivity index (χ1v) is 10.3. The molecule has 170 valence electrons. The predicted molar refractivity (Wildman–Crippen MR) is 115 cm³/mol. The molecule has 3 aromatic heterocycles. The van der Waals surface area contributed by atoms with Crippen molar-refractivity contribution in [2.45, 2.75) is 39.0 Å². The second kappa shape index (κ2) is 8.97. The van der Waals surface area contributed by atoms with Crippen LogP contribution >= 0.6 is 0 Å². The molecule has 1 aromatic carbocycles. The molecule has 0 aliphatic heterocycles. The van der Waals surface area contributed by atoms with E-state index >= 15 is 0 Å². The van der Waals surface area contributed by atoms with E-state index in [1.165, 1.54) is 12.1 Å². The minimum absolute atomic E-state index is 0.274. The number of pyridine rings is 1. The molecular weight excluding hydrogens is 433 g/mol. The van der Waals surface area contributed by atoms with Gasteiger partial charge in [0.25, 0.3) is 5.91 Å². The summed E-state index contributed by atoms with van der Waals surface area (Å²) < 4.78 is 40.0. The van der Waals surface area contributed by atoms with E-state index in [1.54, 1.807) is 37.9 Å². The van der Waals surface area contributed by atoms with Crippen molar-refractivity contribution in [3.63, 3.8) is 0 Å². The van der Waals surface area contributed by atoms with Crippen LogP contribution in [0.5, 0.6) is 0 Å². The van der Waals surface area contributed by atoms with E-state index in [1.807, 2.05) is 11.5 Å². The Morgan fingerprint density at radius 3 is 2.45 bits per heavy atom. The Balaban J connectivity index is 1.41. The maximum atomic E-state index is 12.7.